The number of hydrogen-bond acceptors (Lipinski definition) is 3. The third kappa shape index (κ3) is 4.01. The number of nitrogens with two attached hydrogens (primary N) is 1. The zero-order chi connectivity index (χ0) is 13.7. The molecule has 0 atom stereocenters. The van der Waals surface area contributed by atoms with Crippen molar-refractivity contribution >= 4 is 44.5 Å². The Morgan fingerprint density at radius 2 is 2.11 bits per heavy atom. The second-order valence-corrected chi connectivity index (χ2v) is 5.94. The normalized spacial score (nSPS) is 10.5. The molecule has 0 saturated heterocycles. The second-order valence-electron chi connectivity index (χ2n) is 4.33. The van der Waals surface area contributed by atoms with Gasteiger partial charge in [-0.25, -0.2) is 0 Å². The summed E-state index contributed by atoms with van der Waals surface area (Å²) in [6.07, 6.45) is 2.56. The molecule has 1 amide bonds. The van der Waals surface area contributed by atoms with Crippen LogP contribution in [0.1, 0.15) is 28.9 Å². The molecule has 1 heterocycles. The van der Waals surface area contributed by atoms with E-state index in [9.17, 15) is 4.79 Å². The van der Waals surface area contributed by atoms with Gasteiger partial charge in [-0.15, -0.1) is 11.3 Å². The van der Waals surface area contributed by atoms with Crippen molar-refractivity contribution in [3.8, 4) is 0 Å². The fraction of sp³-hybridized carbons (Fsp3) is 0.286. The van der Waals surface area contributed by atoms with E-state index in [4.69, 9.17) is 18.0 Å². The van der Waals surface area contributed by atoms with Gasteiger partial charge in [0.15, 0.2) is 0 Å². The van der Waals surface area contributed by atoms with E-state index in [0.29, 0.717) is 11.5 Å². The Morgan fingerprint density at radius 3 is 2.84 bits per heavy atom. The number of carbonyl (C=O) groups excluding carboxylic acids is 1. The molecule has 0 radical (unpaired) electrons. The Labute approximate surface area is 121 Å². The highest BCUT2D eigenvalue weighted by Crippen LogP contribution is 2.24. The maximum absolute atomic E-state index is 12.0. The van der Waals surface area contributed by atoms with Gasteiger partial charge in [0, 0.05) is 11.2 Å². The maximum Gasteiger partial charge on any atom is 0.261 e. The average Bonchev–Trinajstić information content (AvgIpc) is 2.81. The molecule has 2 rings (SSSR count). The number of unbranched alkanes of at least 4 members (excludes halogenated alkanes) is 1. The largest absolute Gasteiger partial charge is 0.393 e. The minimum Gasteiger partial charge on any atom is -0.393 e. The number of hydrogen-bond donors (Lipinski definition) is 2. The molecule has 0 fully saturated rings. The highest BCUT2D eigenvalue weighted by atomic mass is 32.1. The van der Waals surface area contributed by atoms with Crippen LogP contribution in [0, 0.1) is 0 Å². The van der Waals surface area contributed by atoms with E-state index in [0.717, 1.165) is 34.2 Å². The summed E-state index contributed by atoms with van der Waals surface area (Å²) in [6, 6.07) is 9.94. The molecule has 0 spiro atoms. The highest BCUT2D eigenvalue weighted by molar-refractivity contribution is 7.80. The molecule has 0 unspecified atom stereocenters. The lowest BCUT2D eigenvalue weighted by atomic mass is 10.2. The van der Waals surface area contributed by atoms with Crippen molar-refractivity contribution in [2.24, 2.45) is 5.73 Å². The van der Waals surface area contributed by atoms with Crippen molar-refractivity contribution in [3.63, 3.8) is 0 Å². The third-order valence-corrected chi connectivity index (χ3v) is 4.10. The van der Waals surface area contributed by atoms with E-state index >= 15 is 0 Å². The molecule has 19 heavy (non-hydrogen) atoms. The van der Waals surface area contributed by atoms with E-state index in [1.807, 2.05) is 30.3 Å². The Kier molecular flexibility index (Phi) is 4.87. The highest BCUT2D eigenvalue weighted by Gasteiger charge is 2.08. The first kappa shape index (κ1) is 14.0. The van der Waals surface area contributed by atoms with Crippen LogP contribution in [0.15, 0.2) is 30.3 Å². The fourth-order valence-corrected chi connectivity index (χ4v) is 2.93. The number of carbonyl (C=O) groups is 1. The Morgan fingerprint density at radius 1 is 1.32 bits per heavy atom. The topological polar surface area (TPSA) is 55.1 Å². The molecule has 0 aliphatic carbocycles. The molecule has 0 aliphatic heterocycles. The summed E-state index contributed by atoms with van der Waals surface area (Å²) in [5, 5.41) is 4.04. The number of benzene rings is 1. The molecular weight excluding hydrogens is 276 g/mol. The number of thiocarbonyl (C=S) groups is 1. The molecular formula is C14H16N2OS2. The summed E-state index contributed by atoms with van der Waals surface area (Å²) >= 11 is 6.32. The van der Waals surface area contributed by atoms with Crippen LogP contribution in [-0.2, 0) is 0 Å². The zero-order valence-electron chi connectivity index (χ0n) is 10.5. The minimum atomic E-state index is -0.00322. The lowest BCUT2D eigenvalue weighted by Crippen LogP contribution is -2.23. The summed E-state index contributed by atoms with van der Waals surface area (Å²) in [6.45, 7) is 0.662. The van der Waals surface area contributed by atoms with Gasteiger partial charge in [0.05, 0.1) is 9.87 Å². The first-order valence-corrected chi connectivity index (χ1v) is 7.44. The van der Waals surface area contributed by atoms with Gasteiger partial charge in [0.25, 0.3) is 5.91 Å². The van der Waals surface area contributed by atoms with Crippen molar-refractivity contribution in [1.82, 2.24) is 5.32 Å². The molecule has 1 aromatic carbocycles. The molecule has 0 saturated carbocycles. The molecule has 0 aliphatic rings. The van der Waals surface area contributed by atoms with Gasteiger partial charge in [-0.3, -0.25) is 4.79 Å². The summed E-state index contributed by atoms with van der Waals surface area (Å²) in [5.41, 5.74) is 5.41. The third-order valence-electron chi connectivity index (χ3n) is 2.78. The summed E-state index contributed by atoms with van der Waals surface area (Å²) in [5.74, 6) is -0.00322. The van der Waals surface area contributed by atoms with Crippen molar-refractivity contribution in [2.75, 3.05) is 6.54 Å². The number of nitrogens with one attached hydrogen (secondary N) is 1. The summed E-state index contributed by atoms with van der Waals surface area (Å²) in [4.78, 5) is 13.3. The van der Waals surface area contributed by atoms with Crippen LogP contribution >= 0.6 is 23.6 Å². The van der Waals surface area contributed by atoms with Crippen LogP contribution < -0.4 is 11.1 Å². The van der Waals surface area contributed by atoms with Crippen molar-refractivity contribution in [3.05, 3.63) is 35.2 Å². The first-order chi connectivity index (χ1) is 9.16. The molecule has 3 N–H and O–H groups in total. The summed E-state index contributed by atoms with van der Waals surface area (Å²) in [7, 11) is 0. The van der Waals surface area contributed by atoms with Crippen LogP contribution in [0.2, 0.25) is 0 Å². The van der Waals surface area contributed by atoms with Crippen molar-refractivity contribution in [1.29, 1.82) is 0 Å². The molecule has 3 nitrogen and oxygen atoms in total. The first-order valence-electron chi connectivity index (χ1n) is 6.22. The number of rotatable bonds is 6. The van der Waals surface area contributed by atoms with Crippen LogP contribution in [0.3, 0.4) is 0 Å². The Balaban J connectivity index is 1.84. The second kappa shape index (κ2) is 6.63. The van der Waals surface area contributed by atoms with Gasteiger partial charge in [-0.1, -0.05) is 30.4 Å². The maximum atomic E-state index is 12.0. The van der Waals surface area contributed by atoms with E-state index in [-0.39, 0.29) is 5.91 Å². The predicted octanol–water partition coefficient (Wildman–Crippen LogP) is 3.09. The summed E-state index contributed by atoms with van der Waals surface area (Å²) < 4.78 is 1.14. The molecule has 100 valence electrons. The van der Waals surface area contributed by atoms with E-state index in [1.165, 1.54) is 11.3 Å². The van der Waals surface area contributed by atoms with Gasteiger partial charge in [-0.2, -0.15) is 0 Å². The number of fused-ring (bicyclic) bond motifs is 1. The van der Waals surface area contributed by atoms with Crippen LogP contribution in [0.25, 0.3) is 10.1 Å². The number of amides is 1. The van der Waals surface area contributed by atoms with Crippen LogP contribution in [0.4, 0.5) is 0 Å². The van der Waals surface area contributed by atoms with E-state index < -0.39 is 0 Å². The monoisotopic (exact) mass is 292 g/mol. The lowest BCUT2D eigenvalue weighted by Gasteiger charge is -2.02. The SMILES string of the molecule is NC(=S)CCCCNC(=O)c1cc2ccccc2s1. The van der Waals surface area contributed by atoms with Crippen molar-refractivity contribution < 1.29 is 4.79 Å². The molecule has 5 heteroatoms. The van der Waals surface area contributed by atoms with Gasteiger partial charge in [0.2, 0.25) is 0 Å². The van der Waals surface area contributed by atoms with Crippen LogP contribution in [-0.4, -0.2) is 17.4 Å². The van der Waals surface area contributed by atoms with E-state index in [2.05, 4.69) is 5.32 Å². The van der Waals surface area contributed by atoms with Gasteiger partial charge in [-0.05, 0) is 36.8 Å². The quantitative estimate of drug-likeness (QED) is 0.635. The fourth-order valence-electron chi connectivity index (χ4n) is 1.81. The Hall–Kier alpha value is -1.46. The average molecular weight is 292 g/mol. The van der Waals surface area contributed by atoms with Crippen LogP contribution in [0.5, 0.6) is 0 Å². The zero-order valence-corrected chi connectivity index (χ0v) is 12.2. The Bertz CT molecular complexity index is 559. The molecule has 0 bridgehead atoms. The molecule has 1 aromatic heterocycles. The van der Waals surface area contributed by atoms with Gasteiger partial charge in [0.1, 0.15) is 0 Å². The van der Waals surface area contributed by atoms with Crippen molar-refractivity contribution in [2.45, 2.75) is 19.3 Å². The van der Waals surface area contributed by atoms with E-state index in [1.54, 1.807) is 0 Å². The molecule has 2 aromatic rings. The van der Waals surface area contributed by atoms with Gasteiger partial charge < -0.3 is 11.1 Å². The lowest BCUT2D eigenvalue weighted by molar-refractivity contribution is 0.0957. The number of thiophene rings is 1. The minimum absolute atomic E-state index is 0.00322. The smallest absolute Gasteiger partial charge is 0.261 e. The van der Waals surface area contributed by atoms with Gasteiger partial charge >= 0.3 is 0 Å². The predicted molar refractivity (Wildman–Crippen MR) is 84.8 cm³/mol. The standard InChI is InChI=1S/C14H16N2OS2/c15-13(18)7-3-4-8-16-14(17)12-9-10-5-1-2-6-11(10)19-12/h1-2,5-6,9H,3-4,7-8H2,(H2,15,18)(H,16,17).